The van der Waals surface area contributed by atoms with Crippen LogP contribution >= 0.6 is 11.3 Å². The minimum absolute atomic E-state index is 0.230. The molecular formula is C17H18N2OS. The van der Waals surface area contributed by atoms with Gasteiger partial charge in [0.1, 0.15) is 11.6 Å². The first-order chi connectivity index (χ1) is 10.2. The molecule has 4 heteroatoms. The summed E-state index contributed by atoms with van der Waals surface area (Å²) in [6.07, 6.45) is 1.82. The molecular weight excluding hydrogens is 280 g/mol. The van der Waals surface area contributed by atoms with Crippen molar-refractivity contribution in [2.75, 3.05) is 12.4 Å². The summed E-state index contributed by atoms with van der Waals surface area (Å²) >= 11 is 1.81. The van der Waals surface area contributed by atoms with Gasteiger partial charge in [-0.25, -0.2) is 4.98 Å². The van der Waals surface area contributed by atoms with Gasteiger partial charge in [0.2, 0.25) is 0 Å². The molecule has 0 spiro atoms. The fraction of sp³-hybridized carbons (Fsp3) is 0.235. The second-order valence-electron chi connectivity index (χ2n) is 5.03. The Labute approximate surface area is 128 Å². The van der Waals surface area contributed by atoms with Crippen LogP contribution in [0, 0.1) is 6.92 Å². The lowest BCUT2D eigenvalue weighted by atomic mass is 10.1. The Hall–Kier alpha value is -2.07. The van der Waals surface area contributed by atoms with Crippen LogP contribution in [0.25, 0.3) is 10.8 Å². The van der Waals surface area contributed by atoms with E-state index in [9.17, 15) is 0 Å². The van der Waals surface area contributed by atoms with Crippen LogP contribution in [0.4, 0.5) is 5.82 Å². The number of thiophene rings is 1. The zero-order chi connectivity index (χ0) is 14.8. The van der Waals surface area contributed by atoms with Crippen LogP contribution in [0.15, 0.2) is 42.6 Å². The van der Waals surface area contributed by atoms with Gasteiger partial charge in [-0.1, -0.05) is 12.1 Å². The number of pyridine rings is 1. The van der Waals surface area contributed by atoms with Gasteiger partial charge in [0.05, 0.1) is 13.2 Å². The first-order valence-electron chi connectivity index (χ1n) is 6.93. The van der Waals surface area contributed by atoms with E-state index in [1.165, 1.54) is 9.75 Å². The van der Waals surface area contributed by atoms with Crippen molar-refractivity contribution in [2.45, 2.75) is 19.9 Å². The van der Waals surface area contributed by atoms with Gasteiger partial charge in [-0.05, 0) is 38.1 Å². The molecule has 0 saturated heterocycles. The fourth-order valence-electron chi connectivity index (χ4n) is 2.43. The van der Waals surface area contributed by atoms with E-state index in [0.717, 1.165) is 22.3 Å². The highest BCUT2D eigenvalue weighted by Crippen LogP contribution is 2.32. The summed E-state index contributed by atoms with van der Waals surface area (Å²) in [5, 5.41) is 5.67. The monoisotopic (exact) mass is 298 g/mol. The van der Waals surface area contributed by atoms with Crippen molar-refractivity contribution >= 4 is 27.9 Å². The van der Waals surface area contributed by atoms with Crippen LogP contribution < -0.4 is 10.1 Å². The van der Waals surface area contributed by atoms with Crippen molar-refractivity contribution < 1.29 is 4.74 Å². The first-order valence-corrected chi connectivity index (χ1v) is 7.75. The van der Waals surface area contributed by atoms with Gasteiger partial charge in [-0.2, -0.15) is 0 Å². The summed E-state index contributed by atoms with van der Waals surface area (Å²) in [6, 6.07) is 12.6. The Morgan fingerprint density at radius 2 is 2.00 bits per heavy atom. The summed E-state index contributed by atoms with van der Waals surface area (Å²) in [6.45, 7) is 4.29. The number of rotatable bonds is 4. The minimum Gasteiger partial charge on any atom is -0.496 e. The molecule has 0 aliphatic heterocycles. The number of anilines is 1. The van der Waals surface area contributed by atoms with E-state index in [-0.39, 0.29) is 6.04 Å². The fourth-order valence-corrected chi connectivity index (χ4v) is 3.31. The molecule has 2 aromatic heterocycles. The van der Waals surface area contributed by atoms with Crippen LogP contribution in [-0.2, 0) is 0 Å². The molecule has 1 unspecified atom stereocenters. The molecule has 3 aromatic rings. The molecule has 3 nitrogen and oxygen atoms in total. The molecule has 1 atom stereocenters. The highest BCUT2D eigenvalue weighted by Gasteiger charge is 2.11. The second-order valence-corrected chi connectivity index (χ2v) is 6.35. The van der Waals surface area contributed by atoms with Crippen molar-refractivity contribution in [3.63, 3.8) is 0 Å². The number of nitrogens with one attached hydrogen (secondary N) is 1. The number of methoxy groups -OCH3 is 1. The Bertz CT molecular complexity index is 766. The molecule has 0 radical (unpaired) electrons. The van der Waals surface area contributed by atoms with Gasteiger partial charge in [0.15, 0.2) is 0 Å². The number of hydrogen-bond acceptors (Lipinski definition) is 4. The summed E-state index contributed by atoms with van der Waals surface area (Å²) in [4.78, 5) is 7.13. The molecule has 0 fully saturated rings. The number of benzene rings is 1. The highest BCUT2D eigenvalue weighted by atomic mass is 32.1. The standard InChI is InChI=1S/C17H18N2OS/c1-11-7-8-16(21-11)12(2)19-17-14-5-4-6-15(20-3)13(14)9-10-18-17/h4-10,12H,1-3H3,(H,18,19). The lowest BCUT2D eigenvalue weighted by Crippen LogP contribution is -2.06. The SMILES string of the molecule is COc1cccc2c(NC(C)c3ccc(C)s3)nccc12. The predicted octanol–water partition coefficient (Wildman–Crippen LogP) is 4.79. The predicted molar refractivity (Wildman–Crippen MR) is 89.4 cm³/mol. The van der Waals surface area contributed by atoms with Crippen molar-refractivity contribution in [1.82, 2.24) is 4.98 Å². The molecule has 1 aromatic carbocycles. The van der Waals surface area contributed by atoms with Crippen molar-refractivity contribution in [1.29, 1.82) is 0 Å². The van der Waals surface area contributed by atoms with Crippen molar-refractivity contribution in [3.05, 3.63) is 52.3 Å². The minimum atomic E-state index is 0.230. The lowest BCUT2D eigenvalue weighted by Gasteiger charge is -2.15. The van der Waals surface area contributed by atoms with E-state index in [0.29, 0.717) is 0 Å². The highest BCUT2D eigenvalue weighted by molar-refractivity contribution is 7.12. The number of ether oxygens (including phenoxy) is 1. The van der Waals surface area contributed by atoms with Gasteiger partial charge >= 0.3 is 0 Å². The van der Waals surface area contributed by atoms with E-state index < -0.39 is 0 Å². The van der Waals surface area contributed by atoms with Gasteiger partial charge in [-0.15, -0.1) is 11.3 Å². The Morgan fingerprint density at radius 1 is 1.14 bits per heavy atom. The normalized spacial score (nSPS) is 12.3. The molecule has 108 valence electrons. The molecule has 1 N–H and O–H groups in total. The van der Waals surface area contributed by atoms with Crippen LogP contribution in [0.3, 0.4) is 0 Å². The van der Waals surface area contributed by atoms with E-state index in [4.69, 9.17) is 4.74 Å². The number of aryl methyl sites for hydroxylation is 1. The number of hydrogen-bond donors (Lipinski definition) is 1. The summed E-state index contributed by atoms with van der Waals surface area (Å²) in [5.74, 6) is 1.77. The maximum Gasteiger partial charge on any atom is 0.134 e. The number of aromatic nitrogens is 1. The molecule has 2 heterocycles. The molecule has 0 aliphatic carbocycles. The summed E-state index contributed by atoms with van der Waals surface area (Å²) in [5.41, 5.74) is 0. The van der Waals surface area contributed by atoms with Crippen LogP contribution in [0.5, 0.6) is 5.75 Å². The van der Waals surface area contributed by atoms with Crippen molar-refractivity contribution in [3.8, 4) is 5.75 Å². The zero-order valence-electron chi connectivity index (χ0n) is 12.4. The van der Waals surface area contributed by atoms with Gasteiger partial charge in [0, 0.05) is 26.7 Å². The average molecular weight is 298 g/mol. The van der Waals surface area contributed by atoms with E-state index in [1.54, 1.807) is 7.11 Å². The molecule has 0 saturated carbocycles. The Balaban J connectivity index is 1.97. The van der Waals surface area contributed by atoms with Crippen molar-refractivity contribution in [2.24, 2.45) is 0 Å². The van der Waals surface area contributed by atoms with Crippen LogP contribution in [0.2, 0.25) is 0 Å². The third-order valence-corrected chi connectivity index (χ3v) is 4.71. The maximum absolute atomic E-state index is 5.42. The van der Waals surface area contributed by atoms with Gasteiger partial charge < -0.3 is 10.1 Å². The number of nitrogens with zero attached hydrogens (tertiary/aromatic N) is 1. The lowest BCUT2D eigenvalue weighted by molar-refractivity contribution is 0.420. The quantitative estimate of drug-likeness (QED) is 0.752. The Morgan fingerprint density at radius 3 is 2.71 bits per heavy atom. The Kier molecular flexibility index (Phi) is 3.80. The third-order valence-electron chi connectivity index (χ3n) is 3.53. The van der Waals surface area contributed by atoms with Gasteiger partial charge in [0.25, 0.3) is 0 Å². The van der Waals surface area contributed by atoms with E-state index in [2.05, 4.69) is 42.3 Å². The third kappa shape index (κ3) is 2.72. The van der Waals surface area contributed by atoms with Crippen LogP contribution in [0.1, 0.15) is 22.7 Å². The number of fused-ring (bicyclic) bond motifs is 1. The molecule has 0 bridgehead atoms. The zero-order valence-corrected chi connectivity index (χ0v) is 13.2. The van der Waals surface area contributed by atoms with Gasteiger partial charge in [-0.3, -0.25) is 0 Å². The molecule has 0 amide bonds. The topological polar surface area (TPSA) is 34.1 Å². The molecule has 3 rings (SSSR count). The maximum atomic E-state index is 5.42. The smallest absolute Gasteiger partial charge is 0.134 e. The molecule has 0 aliphatic rings. The van der Waals surface area contributed by atoms with Crippen LogP contribution in [-0.4, -0.2) is 12.1 Å². The van der Waals surface area contributed by atoms with E-state index >= 15 is 0 Å². The summed E-state index contributed by atoms with van der Waals surface area (Å²) in [7, 11) is 1.69. The largest absolute Gasteiger partial charge is 0.496 e. The average Bonchev–Trinajstić information content (AvgIpc) is 2.93. The summed E-state index contributed by atoms with van der Waals surface area (Å²) < 4.78 is 5.42. The first kappa shape index (κ1) is 13.9. The van der Waals surface area contributed by atoms with E-state index in [1.807, 2.05) is 35.7 Å². The second kappa shape index (κ2) is 5.74. The molecule has 21 heavy (non-hydrogen) atoms.